The number of halogens is 1. The molecule has 3 aromatic carbocycles. The molecular formula is C30H26FN3O3. The smallest absolute Gasteiger partial charge is 0.261 e. The number of carbonyl (C=O) groups excluding carboxylic acids is 2. The molecule has 0 N–H and O–H groups in total. The first kappa shape index (κ1) is 23.0. The van der Waals surface area contributed by atoms with E-state index in [1.807, 2.05) is 60.8 Å². The van der Waals surface area contributed by atoms with Crippen molar-refractivity contribution < 1.29 is 18.7 Å². The molecule has 1 aliphatic heterocycles. The van der Waals surface area contributed by atoms with Crippen molar-refractivity contribution in [3.8, 4) is 11.4 Å². The van der Waals surface area contributed by atoms with Gasteiger partial charge in [0.15, 0.2) is 6.61 Å². The van der Waals surface area contributed by atoms with Crippen molar-refractivity contribution in [2.45, 2.75) is 24.9 Å². The molecule has 1 aromatic heterocycles. The molecule has 1 atom stereocenters. The number of benzene rings is 3. The van der Waals surface area contributed by atoms with Gasteiger partial charge in [-0.05, 0) is 66.9 Å². The number of ether oxygens (including phenoxy) is 1. The summed E-state index contributed by atoms with van der Waals surface area (Å²) >= 11 is 0. The molecule has 2 amide bonds. The average Bonchev–Trinajstić information content (AvgIpc) is 3.65. The number of para-hydroxylation sites is 3. The van der Waals surface area contributed by atoms with Gasteiger partial charge in [0, 0.05) is 12.2 Å². The zero-order valence-corrected chi connectivity index (χ0v) is 20.2. The number of fused-ring (bicyclic) bond motifs is 3. The summed E-state index contributed by atoms with van der Waals surface area (Å²) in [6.45, 7) is -0.191. The normalized spacial score (nSPS) is 16.0. The third-order valence-corrected chi connectivity index (χ3v) is 6.89. The highest BCUT2D eigenvalue weighted by molar-refractivity contribution is 6.00. The maximum Gasteiger partial charge on any atom is 0.261 e. The highest BCUT2D eigenvalue weighted by Crippen LogP contribution is 2.42. The lowest BCUT2D eigenvalue weighted by molar-refractivity contribution is -0.137. The van der Waals surface area contributed by atoms with E-state index < -0.39 is 6.04 Å². The second-order valence-corrected chi connectivity index (χ2v) is 9.36. The van der Waals surface area contributed by atoms with Gasteiger partial charge in [0.25, 0.3) is 5.91 Å². The van der Waals surface area contributed by atoms with Crippen LogP contribution < -0.4 is 9.64 Å². The molecule has 2 heterocycles. The molecule has 6 nitrogen and oxygen atoms in total. The highest BCUT2D eigenvalue weighted by Gasteiger charge is 2.40. The van der Waals surface area contributed by atoms with Crippen molar-refractivity contribution in [2.24, 2.45) is 0 Å². The molecule has 0 spiro atoms. The molecule has 37 heavy (non-hydrogen) atoms. The van der Waals surface area contributed by atoms with Crippen LogP contribution in [-0.2, 0) is 9.59 Å². The molecule has 6 rings (SSSR count). The first-order valence-electron chi connectivity index (χ1n) is 12.4. The predicted molar refractivity (Wildman–Crippen MR) is 138 cm³/mol. The van der Waals surface area contributed by atoms with Crippen LogP contribution >= 0.6 is 0 Å². The highest BCUT2D eigenvalue weighted by atomic mass is 19.1. The Hall–Kier alpha value is -4.39. The molecule has 0 bridgehead atoms. The number of hydrogen-bond donors (Lipinski definition) is 0. The van der Waals surface area contributed by atoms with Crippen LogP contribution in [0.1, 0.15) is 30.1 Å². The lowest BCUT2D eigenvalue weighted by atomic mass is 9.97. The summed E-state index contributed by atoms with van der Waals surface area (Å²) in [6.07, 6.45) is 3.70. The van der Waals surface area contributed by atoms with Crippen LogP contribution in [0.25, 0.3) is 5.69 Å². The zero-order chi connectivity index (χ0) is 25.4. The number of anilines is 1. The summed E-state index contributed by atoms with van der Waals surface area (Å²) in [5.41, 5.74) is 3.32. The maximum atomic E-state index is 14.1. The molecular weight excluding hydrogens is 469 g/mol. The number of nitrogens with zero attached hydrogens (tertiary/aromatic N) is 3. The molecule has 2 aliphatic rings. The monoisotopic (exact) mass is 495 g/mol. The van der Waals surface area contributed by atoms with E-state index >= 15 is 0 Å². The lowest BCUT2D eigenvalue weighted by Crippen LogP contribution is -2.48. The van der Waals surface area contributed by atoms with Gasteiger partial charge in [0.05, 0.1) is 17.1 Å². The van der Waals surface area contributed by atoms with Gasteiger partial charge >= 0.3 is 0 Å². The number of amides is 2. The van der Waals surface area contributed by atoms with Gasteiger partial charge in [-0.1, -0.05) is 42.5 Å². The standard InChI is InChI=1S/C30H26FN3O3/c31-22-14-12-21(13-15-22)30-27-11-6-18-32(27)25-9-4-5-10-26(25)34(30)28(35)19-33(23-16-17-23)29(36)20-37-24-7-2-1-3-8-24/h1-15,18,23,30H,16-17,19-20H2. The Morgan fingerprint density at radius 2 is 1.57 bits per heavy atom. The van der Waals surface area contributed by atoms with Crippen molar-refractivity contribution in [1.82, 2.24) is 9.47 Å². The molecule has 7 heteroatoms. The molecule has 1 fully saturated rings. The fourth-order valence-electron chi connectivity index (χ4n) is 5.00. The Morgan fingerprint density at radius 1 is 0.865 bits per heavy atom. The van der Waals surface area contributed by atoms with Gasteiger partial charge in [-0.25, -0.2) is 4.39 Å². The van der Waals surface area contributed by atoms with Crippen LogP contribution in [0.4, 0.5) is 10.1 Å². The van der Waals surface area contributed by atoms with Gasteiger partial charge in [-0.3, -0.25) is 14.5 Å². The Morgan fingerprint density at radius 3 is 2.30 bits per heavy atom. The van der Waals surface area contributed by atoms with Crippen LogP contribution in [0.5, 0.6) is 5.75 Å². The van der Waals surface area contributed by atoms with E-state index in [0.29, 0.717) is 5.75 Å². The first-order valence-corrected chi connectivity index (χ1v) is 12.4. The number of carbonyl (C=O) groups is 2. The Balaban J connectivity index is 1.32. The summed E-state index contributed by atoms with van der Waals surface area (Å²) in [4.78, 5) is 30.7. The molecule has 1 saturated carbocycles. The van der Waals surface area contributed by atoms with E-state index in [4.69, 9.17) is 4.74 Å². The lowest BCUT2D eigenvalue weighted by Gasteiger charge is -2.39. The molecule has 186 valence electrons. The van der Waals surface area contributed by atoms with Gasteiger partial charge in [-0.2, -0.15) is 0 Å². The van der Waals surface area contributed by atoms with Crippen LogP contribution in [-0.4, -0.2) is 40.5 Å². The second-order valence-electron chi connectivity index (χ2n) is 9.36. The first-order chi connectivity index (χ1) is 18.1. The van der Waals surface area contributed by atoms with E-state index in [0.717, 1.165) is 35.5 Å². The number of aromatic nitrogens is 1. The summed E-state index contributed by atoms with van der Waals surface area (Å²) in [5, 5.41) is 0. The average molecular weight is 496 g/mol. The van der Waals surface area contributed by atoms with Crippen molar-refractivity contribution in [3.05, 3.63) is 114 Å². The third-order valence-electron chi connectivity index (χ3n) is 6.89. The van der Waals surface area contributed by atoms with E-state index in [-0.39, 0.29) is 36.8 Å². The van der Waals surface area contributed by atoms with Crippen LogP contribution in [0.2, 0.25) is 0 Å². The van der Waals surface area contributed by atoms with Crippen LogP contribution in [0, 0.1) is 5.82 Å². The Bertz CT molecular complexity index is 1430. The van der Waals surface area contributed by atoms with Gasteiger partial charge < -0.3 is 14.2 Å². The van der Waals surface area contributed by atoms with Crippen LogP contribution in [0.3, 0.4) is 0 Å². The van der Waals surface area contributed by atoms with Crippen molar-refractivity contribution >= 4 is 17.5 Å². The number of rotatable bonds is 7. The summed E-state index contributed by atoms with van der Waals surface area (Å²) in [7, 11) is 0. The summed E-state index contributed by atoms with van der Waals surface area (Å²) in [5.74, 6) is -0.141. The minimum absolute atomic E-state index is 0.0315. The van der Waals surface area contributed by atoms with E-state index in [1.54, 1.807) is 34.1 Å². The van der Waals surface area contributed by atoms with E-state index in [2.05, 4.69) is 4.57 Å². The fraction of sp³-hybridized carbons (Fsp3) is 0.200. The summed E-state index contributed by atoms with van der Waals surface area (Å²) < 4.78 is 21.5. The molecule has 1 unspecified atom stereocenters. The molecule has 4 aromatic rings. The molecule has 0 radical (unpaired) electrons. The van der Waals surface area contributed by atoms with Crippen molar-refractivity contribution in [2.75, 3.05) is 18.1 Å². The topological polar surface area (TPSA) is 54.8 Å². The van der Waals surface area contributed by atoms with E-state index in [1.165, 1.54) is 12.1 Å². The van der Waals surface area contributed by atoms with Crippen molar-refractivity contribution in [1.29, 1.82) is 0 Å². The summed E-state index contributed by atoms with van der Waals surface area (Å²) in [6, 6.07) is 26.6. The second kappa shape index (κ2) is 9.58. The zero-order valence-electron chi connectivity index (χ0n) is 20.2. The SMILES string of the molecule is O=C(COc1ccccc1)N(CC(=O)N1c2ccccc2-n2cccc2C1c1ccc(F)cc1)C1CC1. The minimum Gasteiger partial charge on any atom is -0.484 e. The molecule has 0 saturated heterocycles. The van der Waals surface area contributed by atoms with Gasteiger partial charge in [0.1, 0.15) is 24.2 Å². The largest absolute Gasteiger partial charge is 0.484 e. The molecule has 1 aliphatic carbocycles. The minimum atomic E-state index is -0.463. The fourth-order valence-corrected chi connectivity index (χ4v) is 5.00. The van der Waals surface area contributed by atoms with E-state index in [9.17, 15) is 14.0 Å². The number of hydrogen-bond acceptors (Lipinski definition) is 3. The predicted octanol–water partition coefficient (Wildman–Crippen LogP) is 5.12. The quantitative estimate of drug-likeness (QED) is 0.358. The maximum absolute atomic E-state index is 14.1. The van der Waals surface area contributed by atoms with Crippen LogP contribution in [0.15, 0.2) is 97.2 Å². The van der Waals surface area contributed by atoms with Gasteiger partial charge in [0.2, 0.25) is 5.91 Å². The van der Waals surface area contributed by atoms with Crippen molar-refractivity contribution in [3.63, 3.8) is 0 Å². The third kappa shape index (κ3) is 4.48. The Kier molecular flexibility index (Phi) is 5.96. The van der Waals surface area contributed by atoms with Gasteiger partial charge in [-0.15, -0.1) is 0 Å². The Labute approximate surface area is 214 Å².